The molecule has 20 heavy (non-hydrogen) atoms. The van der Waals surface area contributed by atoms with E-state index in [4.69, 9.17) is 0 Å². The van der Waals surface area contributed by atoms with Crippen LogP contribution in [0.25, 0.3) is 5.76 Å². The molecule has 0 aliphatic heterocycles. The molecule has 0 unspecified atom stereocenters. The standard InChI is InChI=1S/C12H10O2.C5H5.Ru/c13-11-8-4-3-7-10(11)12(14)9-5-1-2-6-9;1-2-4-5-3-1;/h1-8,13-14H;1-5H;/q;-1;+2/p-1. The van der Waals surface area contributed by atoms with Gasteiger partial charge in [0.25, 0.3) is 0 Å². The van der Waals surface area contributed by atoms with Gasteiger partial charge in [-0.3, -0.25) is 0 Å². The third-order valence-corrected chi connectivity index (χ3v) is 2.63. The average molecular weight is 351 g/mol. The van der Waals surface area contributed by atoms with Crippen LogP contribution in [0.4, 0.5) is 0 Å². The van der Waals surface area contributed by atoms with Crippen LogP contribution < -0.4 is 5.11 Å². The number of hydrogen-bond donors (Lipinski definition) is 1. The van der Waals surface area contributed by atoms with Gasteiger partial charge in [-0.25, -0.2) is 12.1 Å². The van der Waals surface area contributed by atoms with E-state index in [-0.39, 0.29) is 31.0 Å². The number of phenolic OH excluding ortho intramolecular Hbond substituents is 1. The molecule has 1 N–H and O–H groups in total. The maximum absolute atomic E-state index is 11.8. The molecular weight excluding hydrogens is 337 g/mol. The molecule has 0 atom stereocenters. The summed E-state index contributed by atoms with van der Waals surface area (Å²) in [6.45, 7) is 0. The van der Waals surface area contributed by atoms with Gasteiger partial charge in [0.05, 0.1) is 0 Å². The van der Waals surface area contributed by atoms with Crippen LogP contribution in [0.1, 0.15) is 5.56 Å². The van der Waals surface area contributed by atoms with Crippen LogP contribution in [-0.2, 0) is 19.5 Å². The van der Waals surface area contributed by atoms with Crippen LogP contribution >= 0.6 is 0 Å². The van der Waals surface area contributed by atoms with Crippen molar-refractivity contribution in [2.75, 3.05) is 0 Å². The van der Waals surface area contributed by atoms with Crippen LogP contribution in [-0.4, -0.2) is 5.11 Å². The first-order valence-electron chi connectivity index (χ1n) is 6.00. The van der Waals surface area contributed by atoms with Crippen molar-refractivity contribution in [1.29, 1.82) is 0 Å². The topological polar surface area (TPSA) is 43.3 Å². The van der Waals surface area contributed by atoms with Crippen LogP contribution in [0, 0.1) is 0 Å². The van der Waals surface area contributed by atoms with Gasteiger partial charge >= 0.3 is 19.5 Å². The first-order chi connectivity index (χ1) is 9.29. The largest absolute Gasteiger partial charge is 2.00 e. The molecule has 2 nitrogen and oxygen atoms in total. The molecule has 2 aromatic carbocycles. The molecule has 3 rings (SSSR count). The Labute approximate surface area is 131 Å². The molecule has 1 aliphatic carbocycles. The van der Waals surface area contributed by atoms with Gasteiger partial charge in [0, 0.05) is 5.56 Å². The number of hydrogen-bond acceptors (Lipinski definition) is 2. The fourth-order valence-electron chi connectivity index (χ4n) is 1.67. The number of benzene rings is 1. The minimum atomic E-state index is -0.145. The Balaban J connectivity index is 0.000000283. The van der Waals surface area contributed by atoms with Crippen molar-refractivity contribution in [2.45, 2.75) is 0 Å². The third kappa shape index (κ3) is 4.29. The molecule has 0 bridgehead atoms. The quantitative estimate of drug-likeness (QED) is 0.488. The molecule has 0 fully saturated rings. The Hall–Kier alpha value is -1.99. The zero-order valence-corrected chi connectivity index (χ0v) is 12.5. The summed E-state index contributed by atoms with van der Waals surface area (Å²) in [7, 11) is 0. The minimum absolute atomic E-state index is 0. The van der Waals surface area contributed by atoms with E-state index < -0.39 is 0 Å². The summed E-state index contributed by atoms with van der Waals surface area (Å²) in [6, 6.07) is 16.5. The van der Waals surface area contributed by atoms with E-state index in [2.05, 4.69) is 0 Å². The van der Waals surface area contributed by atoms with Crippen LogP contribution in [0.15, 0.2) is 84.5 Å². The SMILES string of the molecule is [O-]C(=C1C=CC=C1)c1ccccc1O.[Ru+2].c1cc[cH-]c1. The Morgan fingerprint density at radius 1 is 0.950 bits per heavy atom. The molecule has 0 heterocycles. The summed E-state index contributed by atoms with van der Waals surface area (Å²) in [5.41, 5.74) is 0.949. The van der Waals surface area contributed by atoms with Crippen molar-refractivity contribution in [3.8, 4) is 5.75 Å². The number of aromatic hydroxyl groups is 1. The van der Waals surface area contributed by atoms with E-state index >= 15 is 0 Å². The van der Waals surface area contributed by atoms with Gasteiger partial charge < -0.3 is 10.2 Å². The summed E-state index contributed by atoms with van der Waals surface area (Å²) < 4.78 is 0. The van der Waals surface area contributed by atoms with Crippen LogP contribution in [0.5, 0.6) is 5.75 Å². The van der Waals surface area contributed by atoms with Crippen molar-refractivity contribution in [1.82, 2.24) is 0 Å². The average Bonchev–Trinajstić information content (AvgIpc) is 3.14. The zero-order valence-electron chi connectivity index (χ0n) is 10.7. The number of phenols is 1. The van der Waals surface area contributed by atoms with Gasteiger partial charge in [-0.05, 0) is 11.6 Å². The Morgan fingerprint density at radius 3 is 2.05 bits per heavy atom. The predicted octanol–water partition coefficient (Wildman–Crippen LogP) is 2.99. The second kappa shape index (κ2) is 8.24. The van der Waals surface area contributed by atoms with Gasteiger partial charge in [0.15, 0.2) is 0 Å². The van der Waals surface area contributed by atoms with Gasteiger partial charge in [-0.15, -0.1) is 0 Å². The smallest absolute Gasteiger partial charge is 0.872 e. The summed E-state index contributed by atoms with van der Waals surface area (Å²) in [4.78, 5) is 0. The molecule has 3 heteroatoms. The Kier molecular flexibility index (Phi) is 6.62. The second-order valence-electron chi connectivity index (χ2n) is 3.98. The zero-order chi connectivity index (χ0) is 13.5. The fourth-order valence-corrected chi connectivity index (χ4v) is 1.67. The van der Waals surface area contributed by atoms with Crippen LogP contribution in [0.2, 0.25) is 0 Å². The molecule has 0 saturated carbocycles. The molecule has 0 radical (unpaired) electrons. The Morgan fingerprint density at radius 2 is 1.55 bits per heavy atom. The minimum Gasteiger partial charge on any atom is -0.872 e. The van der Waals surface area contributed by atoms with Crippen molar-refractivity contribution in [2.24, 2.45) is 0 Å². The maximum atomic E-state index is 11.8. The second-order valence-corrected chi connectivity index (χ2v) is 3.98. The summed E-state index contributed by atoms with van der Waals surface area (Å²) in [5.74, 6) is -0.119. The first kappa shape index (κ1) is 16.1. The molecule has 1 aliphatic rings. The fraction of sp³-hybridized carbons (Fsp3) is 0. The Bertz CT molecular complexity index is 576. The molecule has 0 saturated heterocycles. The normalized spacial score (nSPS) is 11.5. The predicted molar refractivity (Wildman–Crippen MR) is 75.3 cm³/mol. The number of allylic oxidation sites excluding steroid dienone is 5. The van der Waals surface area contributed by atoms with E-state index in [1.165, 1.54) is 6.07 Å². The first-order valence-corrected chi connectivity index (χ1v) is 6.00. The third-order valence-electron chi connectivity index (χ3n) is 2.63. The molecule has 0 spiro atoms. The van der Waals surface area contributed by atoms with Gasteiger partial charge in [-0.2, -0.15) is 18.2 Å². The van der Waals surface area contributed by atoms with Crippen molar-refractivity contribution < 1.29 is 29.7 Å². The van der Waals surface area contributed by atoms with E-state index in [0.29, 0.717) is 11.1 Å². The van der Waals surface area contributed by atoms with Crippen molar-refractivity contribution in [3.05, 3.63) is 90.0 Å². The molecule has 0 amide bonds. The summed E-state index contributed by atoms with van der Waals surface area (Å²) >= 11 is 0. The molecule has 102 valence electrons. The van der Waals surface area contributed by atoms with E-state index in [9.17, 15) is 10.2 Å². The molecule has 2 aromatic rings. The van der Waals surface area contributed by atoms with Crippen molar-refractivity contribution in [3.63, 3.8) is 0 Å². The van der Waals surface area contributed by atoms with E-state index in [1.54, 1.807) is 42.5 Å². The monoisotopic (exact) mass is 352 g/mol. The molecule has 0 aromatic heterocycles. The van der Waals surface area contributed by atoms with Gasteiger partial charge in [0.2, 0.25) is 0 Å². The van der Waals surface area contributed by atoms with E-state index in [1.807, 2.05) is 30.3 Å². The van der Waals surface area contributed by atoms with E-state index in [0.717, 1.165) is 0 Å². The maximum Gasteiger partial charge on any atom is 2.00 e. The molecular formula is C17H14O2Ru. The number of rotatable bonds is 1. The summed E-state index contributed by atoms with van der Waals surface area (Å²) in [5, 5.41) is 21.2. The summed E-state index contributed by atoms with van der Waals surface area (Å²) in [6.07, 6.45) is 7.06. The van der Waals surface area contributed by atoms with Crippen molar-refractivity contribution >= 4 is 5.76 Å². The van der Waals surface area contributed by atoms with Gasteiger partial charge in [0.1, 0.15) is 5.75 Å². The van der Waals surface area contributed by atoms with Gasteiger partial charge in [-0.1, -0.05) is 48.3 Å². The number of para-hydroxylation sites is 1. The van der Waals surface area contributed by atoms with Crippen LogP contribution in [0.3, 0.4) is 0 Å².